The molecule has 0 aliphatic heterocycles. The van der Waals surface area contributed by atoms with Gasteiger partial charge in [0.15, 0.2) is 5.78 Å². The molecule has 2 aliphatic carbocycles. The zero-order valence-electron chi connectivity index (χ0n) is 29.8. The van der Waals surface area contributed by atoms with Gasteiger partial charge in [-0.1, -0.05) is 107 Å². The summed E-state index contributed by atoms with van der Waals surface area (Å²) in [4.78, 5) is 27.6. The second-order valence-corrected chi connectivity index (χ2v) is 12.4. The van der Waals surface area contributed by atoms with E-state index in [1.807, 2.05) is 121 Å². The summed E-state index contributed by atoms with van der Waals surface area (Å²) < 4.78 is 17.2. The number of aryl methyl sites for hydroxylation is 1. The molecular formula is C45H38IO6Y-. The van der Waals surface area contributed by atoms with Crippen molar-refractivity contribution in [2.45, 2.75) is 33.0 Å². The Labute approximate surface area is 349 Å². The van der Waals surface area contributed by atoms with Crippen LogP contribution >= 0.6 is 22.6 Å². The standard InChI is InChI=1S/C22H18O3.C22H17O3.CH3I.Y/c1-14-6-5-9-18-19(14)11-16-10-17(12-20(23)21(16)22(18)24)25-13-15-7-3-2-4-8-15;1-24-20-13-18(25-14-15-7-3-2-4-8-15)12-17-11-16-9-5-6-10-19(16)22(23)21(17)20;1-2;/h2-10,12,23H,11,13H2,1H3;2-8,10,12-13H,11,14H2,1H3;1H3;/q;-1;;. The predicted molar refractivity (Wildman–Crippen MR) is 212 cm³/mol. The summed E-state index contributed by atoms with van der Waals surface area (Å²) in [5.41, 5.74) is 9.32. The van der Waals surface area contributed by atoms with Crippen LogP contribution in [-0.2, 0) is 58.8 Å². The SMILES string of the molecule is CI.COc1cc(OCc2ccccc2)cc2c1C(=O)c1ccc[c-]c1C2.Cc1cccc2c1Cc1cc(OCc3ccccc3)cc(O)c1C2=O.[Y]. The summed E-state index contributed by atoms with van der Waals surface area (Å²) in [7, 11) is 1.58. The van der Waals surface area contributed by atoms with Crippen molar-refractivity contribution in [2.75, 3.05) is 12.0 Å². The van der Waals surface area contributed by atoms with Gasteiger partial charge in [0.2, 0.25) is 0 Å². The molecule has 2 aliphatic rings. The fraction of sp³-hybridized carbons (Fsp3) is 0.156. The molecule has 0 heterocycles. The number of halogens is 1. The Hall–Kier alpha value is -4.31. The molecule has 6 nitrogen and oxygen atoms in total. The maximum atomic E-state index is 12.8. The molecule has 8 heteroatoms. The Balaban J connectivity index is 0.000000192. The van der Waals surface area contributed by atoms with Gasteiger partial charge in [-0.05, 0) is 70.2 Å². The number of methoxy groups -OCH3 is 1. The summed E-state index contributed by atoms with van der Waals surface area (Å²) in [6, 6.07) is 41.4. The van der Waals surface area contributed by atoms with Gasteiger partial charge in [0.1, 0.15) is 42.0 Å². The Morgan fingerprint density at radius 3 is 1.87 bits per heavy atom. The smallest absolute Gasteiger partial charge is 0.197 e. The molecule has 0 bridgehead atoms. The summed E-state index contributed by atoms with van der Waals surface area (Å²) in [6.07, 6.45) is 1.27. The first-order valence-corrected chi connectivity index (χ1v) is 19.0. The van der Waals surface area contributed by atoms with Crippen molar-refractivity contribution in [2.24, 2.45) is 0 Å². The zero-order valence-corrected chi connectivity index (χ0v) is 34.8. The molecule has 1 N–H and O–H groups in total. The van der Waals surface area contributed by atoms with Crippen LogP contribution < -0.4 is 14.2 Å². The summed E-state index contributed by atoms with van der Waals surface area (Å²) in [5.74, 6) is 1.68. The zero-order chi connectivity index (χ0) is 36.6. The van der Waals surface area contributed by atoms with E-state index in [0.29, 0.717) is 65.6 Å². The average molecular weight is 891 g/mol. The first-order chi connectivity index (χ1) is 25.4. The molecule has 1 radical (unpaired) electrons. The third-order valence-corrected chi connectivity index (χ3v) is 9.08. The number of carbonyl (C=O) groups is 2. The van der Waals surface area contributed by atoms with Crippen molar-refractivity contribution in [1.82, 2.24) is 0 Å². The number of fused-ring (bicyclic) bond motifs is 4. The van der Waals surface area contributed by atoms with Crippen LogP contribution in [0.15, 0.2) is 121 Å². The van der Waals surface area contributed by atoms with Gasteiger partial charge in [0.05, 0.1) is 18.2 Å². The number of phenolic OH excluding ortho intramolecular Hbond substituents is 1. The number of ketones is 2. The summed E-state index contributed by atoms with van der Waals surface area (Å²) in [6.45, 7) is 2.90. The van der Waals surface area contributed by atoms with Crippen molar-refractivity contribution in [1.29, 1.82) is 0 Å². The molecule has 0 unspecified atom stereocenters. The molecule has 6 aromatic carbocycles. The van der Waals surface area contributed by atoms with E-state index < -0.39 is 0 Å². The van der Waals surface area contributed by atoms with Crippen LogP contribution in [0, 0.1) is 13.0 Å². The summed E-state index contributed by atoms with van der Waals surface area (Å²) >= 11 is 2.15. The van der Waals surface area contributed by atoms with E-state index in [-0.39, 0.29) is 50.0 Å². The van der Waals surface area contributed by atoms with Crippen molar-refractivity contribution in [3.8, 4) is 23.0 Å². The van der Waals surface area contributed by atoms with E-state index in [4.69, 9.17) is 14.2 Å². The van der Waals surface area contributed by atoms with Gasteiger partial charge in [0, 0.05) is 50.4 Å². The molecule has 0 spiro atoms. The molecule has 8 rings (SSSR count). The Morgan fingerprint density at radius 1 is 0.679 bits per heavy atom. The first-order valence-electron chi connectivity index (χ1n) is 16.8. The van der Waals surface area contributed by atoms with Gasteiger partial charge in [-0.3, -0.25) is 4.79 Å². The molecule has 53 heavy (non-hydrogen) atoms. The minimum Gasteiger partial charge on any atom is -0.507 e. The van der Waals surface area contributed by atoms with Gasteiger partial charge in [0.25, 0.3) is 0 Å². The maximum absolute atomic E-state index is 12.8. The van der Waals surface area contributed by atoms with Gasteiger partial charge in [-0.15, -0.1) is 5.56 Å². The Kier molecular flexibility index (Phi) is 14.0. The molecule has 0 atom stereocenters. The molecule has 265 valence electrons. The quantitative estimate of drug-likeness (QED) is 0.0976. The molecule has 6 aromatic rings. The van der Waals surface area contributed by atoms with Crippen LogP contribution in [0.4, 0.5) is 0 Å². The predicted octanol–water partition coefficient (Wildman–Crippen LogP) is 9.67. The van der Waals surface area contributed by atoms with Crippen LogP contribution in [0.2, 0.25) is 0 Å². The topological polar surface area (TPSA) is 82.1 Å². The van der Waals surface area contributed by atoms with Crippen molar-refractivity contribution in [3.63, 3.8) is 0 Å². The second kappa shape index (κ2) is 18.6. The number of hydrogen-bond acceptors (Lipinski definition) is 6. The van der Waals surface area contributed by atoms with Gasteiger partial charge < -0.3 is 24.1 Å². The maximum Gasteiger partial charge on any atom is 0.197 e. The van der Waals surface area contributed by atoms with E-state index in [1.165, 1.54) is 6.07 Å². The second-order valence-electron chi connectivity index (χ2n) is 12.4. The fourth-order valence-corrected chi connectivity index (χ4v) is 6.54. The molecular weight excluding hydrogens is 852 g/mol. The molecule has 0 saturated carbocycles. The average Bonchev–Trinajstić information content (AvgIpc) is 3.18. The van der Waals surface area contributed by atoms with E-state index in [1.54, 1.807) is 13.2 Å². The molecule has 0 fully saturated rings. The fourth-order valence-electron chi connectivity index (χ4n) is 6.54. The monoisotopic (exact) mass is 890 g/mol. The Bertz CT molecular complexity index is 2220. The number of phenols is 1. The van der Waals surface area contributed by atoms with Gasteiger partial charge >= 0.3 is 0 Å². The number of ether oxygens (including phenoxy) is 3. The van der Waals surface area contributed by atoms with Crippen LogP contribution in [0.25, 0.3) is 0 Å². The van der Waals surface area contributed by atoms with E-state index in [9.17, 15) is 14.7 Å². The van der Waals surface area contributed by atoms with Crippen LogP contribution in [-0.4, -0.2) is 28.7 Å². The number of carbonyl (C=O) groups excluding carboxylic acids is 2. The van der Waals surface area contributed by atoms with Crippen LogP contribution in [0.5, 0.6) is 23.0 Å². The van der Waals surface area contributed by atoms with E-state index in [0.717, 1.165) is 38.9 Å². The Morgan fingerprint density at radius 2 is 1.25 bits per heavy atom. The van der Waals surface area contributed by atoms with E-state index in [2.05, 4.69) is 28.7 Å². The summed E-state index contributed by atoms with van der Waals surface area (Å²) in [5, 5.41) is 10.4. The number of hydrogen-bond donors (Lipinski definition) is 1. The molecule has 0 saturated heterocycles. The van der Waals surface area contributed by atoms with Crippen molar-refractivity contribution >= 4 is 34.2 Å². The first kappa shape index (κ1) is 39.9. The van der Waals surface area contributed by atoms with Crippen molar-refractivity contribution in [3.05, 3.63) is 189 Å². The third kappa shape index (κ3) is 9.09. The number of aromatic hydroxyl groups is 1. The largest absolute Gasteiger partial charge is 0.507 e. The van der Waals surface area contributed by atoms with Crippen LogP contribution in [0.1, 0.15) is 70.8 Å². The van der Waals surface area contributed by atoms with Gasteiger partial charge in [-0.2, -0.15) is 24.3 Å². The number of alkyl halides is 1. The molecule has 0 aromatic heterocycles. The van der Waals surface area contributed by atoms with E-state index >= 15 is 0 Å². The van der Waals surface area contributed by atoms with Gasteiger partial charge in [-0.25, -0.2) is 0 Å². The minimum atomic E-state index is -0.118. The van der Waals surface area contributed by atoms with Crippen LogP contribution in [0.3, 0.4) is 0 Å². The number of benzene rings is 6. The minimum absolute atomic E-state index is 0. The molecule has 0 amide bonds. The third-order valence-electron chi connectivity index (χ3n) is 9.08. The van der Waals surface area contributed by atoms with Crippen molar-refractivity contribution < 1.29 is 61.6 Å². The normalized spacial score (nSPS) is 11.8. The number of rotatable bonds is 7.